The number of nitrogens with one attached hydrogen (secondary N) is 2. The van der Waals surface area contributed by atoms with Crippen LogP contribution in [0.5, 0.6) is 0 Å². The molecule has 2 rings (SSSR count). The molecule has 0 aliphatic carbocycles. The number of amides is 2. The Kier molecular flexibility index (Phi) is 1.69. The van der Waals surface area contributed by atoms with Crippen LogP contribution in [-0.4, -0.2) is 43.2 Å². The maximum absolute atomic E-state index is 11.2. The quantitative estimate of drug-likeness (QED) is 0.489. The first-order valence-corrected chi connectivity index (χ1v) is 4.13. The van der Waals surface area contributed by atoms with Gasteiger partial charge in [-0.2, -0.15) is 0 Å². The fourth-order valence-electron chi connectivity index (χ4n) is 1.73. The molecule has 0 radical (unpaired) electrons. The van der Waals surface area contributed by atoms with Gasteiger partial charge in [-0.3, -0.25) is 0 Å². The molecule has 1 atom stereocenters. The highest BCUT2D eigenvalue weighted by Gasteiger charge is 2.29. The van der Waals surface area contributed by atoms with E-state index in [-0.39, 0.29) is 6.03 Å². The number of urea groups is 1. The molecule has 0 aromatic carbocycles. The molecule has 0 aromatic heterocycles. The summed E-state index contributed by atoms with van der Waals surface area (Å²) in [5.74, 6) is 0. The highest BCUT2D eigenvalue weighted by Crippen LogP contribution is 2.10. The second-order valence-electron chi connectivity index (χ2n) is 3.07. The van der Waals surface area contributed by atoms with E-state index in [4.69, 9.17) is 0 Å². The first-order chi connectivity index (χ1) is 5.38. The summed E-state index contributed by atoms with van der Waals surface area (Å²) < 4.78 is 0. The predicted octanol–water partition coefficient (Wildman–Crippen LogP) is -0.626. The number of rotatable bonds is 0. The Balaban J connectivity index is 2.05. The molecule has 2 heterocycles. The Morgan fingerprint density at radius 2 is 2.36 bits per heavy atom. The molecule has 4 nitrogen and oxygen atoms in total. The fraction of sp³-hybridized carbons (Fsp3) is 0.857. The van der Waals surface area contributed by atoms with Crippen LogP contribution < -0.4 is 10.6 Å². The lowest BCUT2D eigenvalue weighted by molar-refractivity contribution is 0.137. The number of piperazine rings is 1. The molecule has 0 unspecified atom stereocenters. The lowest BCUT2D eigenvalue weighted by Gasteiger charge is -2.39. The maximum atomic E-state index is 11.2. The van der Waals surface area contributed by atoms with Crippen LogP contribution in [-0.2, 0) is 0 Å². The van der Waals surface area contributed by atoms with Crippen molar-refractivity contribution >= 4 is 6.03 Å². The van der Waals surface area contributed by atoms with Gasteiger partial charge in [0.05, 0.1) is 0 Å². The first kappa shape index (κ1) is 6.91. The van der Waals surface area contributed by atoms with Crippen molar-refractivity contribution in [3.8, 4) is 0 Å². The molecule has 62 valence electrons. The molecule has 2 saturated heterocycles. The lowest BCUT2D eigenvalue weighted by Crippen LogP contribution is -2.60. The second-order valence-corrected chi connectivity index (χ2v) is 3.07. The molecular weight excluding hydrogens is 142 g/mol. The topological polar surface area (TPSA) is 44.4 Å². The normalized spacial score (nSPS) is 31.1. The van der Waals surface area contributed by atoms with Crippen LogP contribution in [0, 0.1) is 0 Å². The highest BCUT2D eigenvalue weighted by molar-refractivity contribution is 5.75. The summed E-state index contributed by atoms with van der Waals surface area (Å²) in [7, 11) is 0. The molecule has 0 aromatic rings. The average Bonchev–Trinajstić information content (AvgIpc) is 2.06. The van der Waals surface area contributed by atoms with Crippen LogP contribution in [0.3, 0.4) is 0 Å². The van der Waals surface area contributed by atoms with Crippen molar-refractivity contribution in [2.24, 2.45) is 0 Å². The summed E-state index contributed by atoms with van der Waals surface area (Å²) >= 11 is 0. The van der Waals surface area contributed by atoms with Crippen molar-refractivity contribution in [3.63, 3.8) is 0 Å². The molecule has 0 spiro atoms. The third kappa shape index (κ3) is 1.18. The molecule has 2 amide bonds. The molecule has 4 heteroatoms. The molecular formula is C7H13N3O. The summed E-state index contributed by atoms with van der Waals surface area (Å²) in [6.07, 6.45) is 1.08. The zero-order valence-corrected chi connectivity index (χ0v) is 6.47. The Hall–Kier alpha value is -0.770. The molecule has 2 N–H and O–H groups in total. The summed E-state index contributed by atoms with van der Waals surface area (Å²) in [6.45, 7) is 3.59. The van der Waals surface area contributed by atoms with Gasteiger partial charge < -0.3 is 15.5 Å². The fourth-order valence-corrected chi connectivity index (χ4v) is 1.73. The van der Waals surface area contributed by atoms with Crippen LogP contribution in [0.4, 0.5) is 4.79 Å². The van der Waals surface area contributed by atoms with E-state index in [1.54, 1.807) is 0 Å². The standard InChI is InChI=1S/C7H13N3O/c11-7-9-2-1-6-5-8-3-4-10(6)7/h6,8H,1-5H2,(H,9,11)/t6-/m0/s1. The van der Waals surface area contributed by atoms with Gasteiger partial charge in [-0.25, -0.2) is 4.79 Å². The number of carbonyl (C=O) groups is 1. The highest BCUT2D eigenvalue weighted by atomic mass is 16.2. The first-order valence-electron chi connectivity index (χ1n) is 4.13. The van der Waals surface area contributed by atoms with Crippen molar-refractivity contribution in [2.45, 2.75) is 12.5 Å². The van der Waals surface area contributed by atoms with Crippen molar-refractivity contribution in [3.05, 3.63) is 0 Å². The average molecular weight is 155 g/mol. The Morgan fingerprint density at radius 1 is 1.45 bits per heavy atom. The van der Waals surface area contributed by atoms with Gasteiger partial charge in [-0.05, 0) is 6.42 Å². The Bertz CT molecular complexity index is 169. The summed E-state index contributed by atoms with van der Waals surface area (Å²) in [5.41, 5.74) is 0. The molecule has 2 aliphatic heterocycles. The Labute approximate surface area is 65.9 Å². The van der Waals surface area contributed by atoms with E-state index in [0.29, 0.717) is 6.04 Å². The number of hydrogen-bond acceptors (Lipinski definition) is 2. The molecule has 11 heavy (non-hydrogen) atoms. The van der Waals surface area contributed by atoms with E-state index >= 15 is 0 Å². The van der Waals surface area contributed by atoms with Gasteiger partial charge >= 0.3 is 6.03 Å². The zero-order chi connectivity index (χ0) is 7.68. The van der Waals surface area contributed by atoms with E-state index in [2.05, 4.69) is 10.6 Å². The minimum atomic E-state index is 0.114. The number of hydrogen-bond donors (Lipinski definition) is 2. The summed E-state index contributed by atoms with van der Waals surface area (Å²) in [5, 5.41) is 6.12. The second kappa shape index (κ2) is 2.70. The molecule has 0 bridgehead atoms. The van der Waals surface area contributed by atoms with Crippen LogP contribution in [0.25, 0.3) is 0 Å². The van der Waals surface area contributed by atoms with Crippen LogP contribution in [0.1, 0.15) is 6.42 Å². The summed E-state index contributed by atoms with van der Waals surface area (Å²) in [6, 6.07) is 0.556. The van der Waals surface area contributed by atoms with Gasteiger partial charge in [0.25, 0.3) is 0 Å². The predicted molar refractivity (Wildman–Crippen MR) is 41.4 cm³/mol. The zero-order valence-electron chi connectivity index (χ0n) is 6.47. The van der Waals surface area contributed by atoms with Crippen molar-refractivity contribution < 1.29 is 4.79 Å². The van der Waals surface area contributed by atoms with Gasteiger partial charge in [0, 0.05) is 32.2 Å². The van der Waals surface area contributed by atoms with Crippen molar-refractivity contribution in [1.82, 2.24) is 15.5 Å². The number of fused-ring (bicyclic) bond motifs is 1. The van der Waals surface area contributed by atoms with Crippen LogP contribution >= 0.6 is 0 Å². The van der Waals surface area contributed by atoms with Gasteiger partial charge in [0.1, 0.15) is 0 Å². The third-order valence-corrected chi connectivity index (χ3v) is 2.36. The molecule has 0 saturated carbocycles. The Morgan fingerprint density at radius 3 is 3.18 bits per heavy atom. The van der Waals surface area contributed by atoms with Crippen molar-refractivity contribution in [2.75, 3.05) is 26.2 Å². The minimum Gasteiger partial charge on any atom is -0.338 e. The monoisotopic (exact) mass is 155 g/mol. The van der Waals surface area contributed by atoms with E-state index in [0.717, 1.165) is 32.6 Å². The van der Waals surface area contributed by atoms with E-state index in [1.165, 1.54) is 0 Å². The van der Waals surface area contributed by atoms with Gasteiger partial charge in [0.15, 0.2) is 0 Å². The third-order valence-electron chi connectivity index (χ3n) is 2.36. The minimum absolute atomic E-state index is 0.114. The lowest BCUT2D eigenvalue weighted by atomic mass is 10.1. The SMILES string of the molecule is O=C1NCC[C@H]2CNCCN12. The van der Waals surface area contributed by atoms with E-state index in [1.807, 2.05) is 4.90 Å². The number of carbonyl (C=O) groups excluding carboxylic acids is 1. The van der Waals surface area contributed by atoms with Crippen LogP contribution in [0.2, 0.25) is 0 Å². The summed E-state index contributed by atoms with van der Waals surface area (Å²) in [4.78, 5) is 13.1. The van der Waals surface area contributed by atoms with E-state index < -0.39 is 0 Å². The van der Waals surface area contributed by atoms with Crippen LogP contribution in [0.15, 0.2) is 0 Å². The molecule has 2 fully saturated rings. The van der Waals surface area contributed by atoms with E-state index in [9.17, 15) is 4.79 Å². The largest absolute Gasteiger partial charge is 0.338 e. The van der Waals surface area contributed by atoms with Gasteiger partial charge in [0.2, 0.25) is 0 Å². The number of nitrogens with zero attached hydrogens (tertiary/aromatic N) is 1. The molecule has 2 aliphatic rings. The smallest absolute Gasteiger partial charge is 0.317 e. The van der Waals surface area contributed by atoms with Gasteiger partial charge in [-0.1, -0.05) is 0 Å². The van der Waals surface area contributed by atoms with Gasteiger partial charge in [-0.15, -0.1) is 0 Å². The van der Waals surface area contributed by atoms with Crippen molar-refractivity contribution in [1.29, 1.82) is 0 Å². The maximum Gasteiger partial charge on any atom is 0.317 e.